The Morgan fingerprint density at radius 1 is 1.14 bits per heavy atom. The van der Waals surface area contributed by atoms with Gasteiger partial charge in [0.05, 0.1) is 4.90 Å². The predicted octanol–water partition coefficient (Wildman–Crippen LogP) is 1.21. The van der Waals surface area contributed by atoms with Crippen molar-refractivity contribution in [2.75, 3.05) is 46.3 Å². The lowest BCUT2D eigenvalue weighted by Gasteiger charge is -2.32. The summed E-state index contributed by atoms with van der Waals surface area (Å²) in [6.45, 7) is 5.76. The van der Waals surface area contributed by atoms with E-state index in [1.54, 1.807) is 24.3 Å². The molecule has 0 aromatic heterocycles. The summed E-state index contributed by atoms with van der Waals surface area (Å²) in [5, 5.41) is 0. The molecule has 0 unspecified atom stereocenters. The molecule has 2 rings (SSSR count). The van der Waals surface area contributed by atoms with Crippen molar-refractivity contribution in [3.05, 3.63) is 27.8 Å². The van der Waals surface area contributed by atoms with Gasteiger partial charge in [0, 0.05) is 36.3 Å². The van der Waals surface area contributed by atoms with Gasteiger partial charge in [-0.1, -0.05) is 0 Å². The third kappa shape index (κ3) is 5.48. The van der Waals surface area contributed by atoms with E-state index in [0.29, 0.717) is 11.4 Å². The van der Waals surface area contributed by atoms with Gasteiger partial charge in [-0.2, -0.15) is 0 Å². The molecule has 0 aliphatic carbocycles. The van der Waals surface area contributed by atoms with Gasteiger partial charge in [-0.25, -0.2) is 13.1 Å². The van der Waals surface area contributed by atoms with E-state index in [0.717, 1.165) is 42.7 Å². The molecule has 0 bridgehead atoms. The quantitative estimate of drug-likeness (QED) is 0.552. The third-order valence-corrected chi connectivity index (χ3v) is 5.86. The van der Waals surface area contributed by atoms with Gasteiger partial charge >= 0.3 is 0 Å². The van der Waals surface area contributed by atoms with Crippen LogP contribution in [0.15, 0.2) is 29.2 Å². The molecule has 1 aromatic rings. The summed E-state index contributed by atoms with van der Waals surface area (Å²) in [6, 6.07) is 6.90. The van der Waals surface area contributed by atoms with Crippen molar-refractivity contribution in [1.82, 2.24) is 14.5 Å². The molecule has 7 heteroatoms. The summed E-state index contributed by atoms with van der Waals surface area (Å²) in [5.74, 6) is 0. The molecule has 118 valence electrons. The fourth-order valence-electron chi connectivity index (χ4n) is 2.28. The number of likely N-dealkylation sites (N-methyl/N-ethyl adjacent to an activating group) is 1. The molecule has 0 atom stereocenters. The van der Waals surface area contributed by atoms with E-state index in [1.165, 1.54) is 0 Å². The van der Waals surface area contributed by atoms with E-state index in [1.807, 2.05) is 0 Å². The van der Waals surface area contributed by atoms with Crippen LogP contribution in [0.25, 0.3) is 0 Å². The molecule has 0 radical (unpaired) electrons. The summed E-state index contributed by atoms with van der Waals surface area (Å²) in [6.07, 6.45) is 0.841. The van der Waals surface area contributed by atoms with Crippen molar-refractivity contribution in [1.29, 1.82) is 0 Å². The predicted molar refractivity (Wildman–Crippen MR) is 92.9 cm³/mol. The Bertz CT molecular complexity index is 540. The molecule has 1 fully saturated rings. The van der Waals surface area contributed by atoms with Crippen molar-refractivity contribution in [3.63, 3.8) is 0 Å². The molecule has 0 saturated carbocycles. The molecule has 1 saturated heterocycles. The van der Waals surface area contributed by atoms with E-state index >= 15 is 0 Å². The number of hydrogen-bond acceptors (Lipinski definition) is 4. The zero-order valence-electron chi connectivity index (χ0n) is 12.3. The topological polar surface area (TPSA) is 52.6 Å². The molecule has 1 aromatic carbocycles. The lowest BCUT2D eigenvalue weighted by Crippen LogP contribution is -2.45. The number of sulfonamides is 1. The SMILES string of the molecule is CN1CCN(CCCNS(=O)(=O)c2ccc(I)cc2)CC1. The number of hydrogen-bond donors (Lipinski definition) is 1. The molecule has 0 amide bonds. The van der Waals surface area contributed by atoms with Crippen LogP contribution in [0, 0.1) is 3.57 Å². The summed E-state index contributed by atoms with van der Waals surface area (Å²) in [7, 11) is -1.24. The third-order valence-electron chi connectivity index (χ3n) is 3.66. The lowest BCUT2D eigenvalue weighted by molar-refractivity contribution is 0.153. The Morgan fingerprint density at radius 2 is 1.76 bits per heavy atom. The van der Waals surface area contributed by atoms with Crippen molar-refractivity contribution < 1.29 is 8.42 Å². The van der Waals surface area contributed by atoms with Crippen molar-refractivity contribution in [3.8, 4) is 0 Å². The normalized spacial score (nSPS) is 18.0. The second-order valence-electron chi connectivity index (χ2n) is 5.35. The second-order valence-corrected chi connectivity index (χ2v) is 8.36. The van der Waals surface area contributed by atoms with Crippen LogP contribution in [-0.4, -0.2) is 64.5 Å². The maximum absolute atomic E-state index is 12.1. The minimum absolute atomic E-state index is 0.336. The summed E-state index contributed by atoms with van der Waals surface area (Å²) < 4.78 is 27.9. The molecule has 1 heterocycles. The standard InChI is InChI=1S/C14H22IN3O2S/c1-17-9-11-18(12-10-17)8-2-7-16-21(19,20)14-5-3-13(15)4-6-14/h3-6,16H,2,7-12H2,1H3. The highest BCUT2D eigenvalue weighted by atomic mass is 127. The minimum atomic E-state index is -3.37. The number of rotatable bonds is 6. The Labute approximate surface area is 140 Å². The largest absolute Gasteiger partial charge is 0.304 e. The number of piperazine rings is 1. The Balaban J connectivity index is 1.73. The van der Waals surface area contributed by atoms with E-state index < -0.39 is 10.0 Å². The van der Waals surface area contributed by atoms with E-state index in [-0.39, 0.29) is 0 Å². The van der Waals surface area contributed by atoms with Crippen LogP contribution in [0.1, 0.15) is 6.42 Å². The van der Waals surface area contributed by atoms with E-state index in [4.69, 9.17) is 0 Å². The van der Waals surface area contributed by atoms with Crippen LogP contribution in [0.3, 0.4) is 0 Å². The molecule has 0 spiro atoms. The number of halogens is 1. The highest BCUT2D eigenvalue weighted by Crippen LogP contribution is 2.11. The maximum Gasteiger partial charge on any atom is 0.240 e. The zero-order valence-corrected chi connectivity index (χ0v) is 15.2. The van der Waals surface area contributed by atoms with Gasteiger partial charge in [0.15, 0.2) is 0 Å². The van der Waals surface area contributed by atoms with Crippen molar-refractivity contribution in [2.45, 2.75) is 11.3 Å². The Morgan fingerprint density at radius 3 is 2.38 bits per heavy atom. The van der Waals surface area contributed by atoms with Gasteiger partial charge in [0.2, 0.25) is 10.0 Å². The van der Waals surface area contributed by atoms with Crippen LogP contribution >= 0.6 is 22.6 Å². The minimum Gasteiger partial charge on any atom is -0.304 e. The number of nitrogens with one attached hydrogen (secondary N) is 1. The van der Waals surface area contributed by atoms with Crippen LogP contribution in [0.2, 0.25) is 0 Å². The molecular weight excluding hydrogens is 401 g/mol. The summed E-state index contributed by atoms with van der Waals surface area (Å²) in [4.78, 5) is 5.04. The lowest BCUT2D eigenvalue weighted by atomic mass is 10.3. The molecular formula is C14H22IN3O2S. The maximum atomic E-state index is 12.1. The molecule has 21 heavy (non-hydrogen) atoms. The van der Waals surface area contributed by atoms with Crippen LogP contribution in [-0.2, 0) is 10.0 Å². The summed E-state index contributed by atoms with van der Waals surface area (Å²) >= 11 is 2.16. The number of benzene rings is 1. The fraction of sp³-hybridized carbons (Fsp3) is 0.571. The number of nitrogens with zero attached hydrogens (tertiary/aromatic N) is 2. The van der Waals surface area contributed by atoms with Crippen LogP contribution in [0.4, 0.5) is 0 Å². The molecule has 1 aliphatic heterocycles. The van der Waals surface area contributed by atoms with Crippen LogP contribution in [0.5, 0.6) is 0 Å². The fourth-order valence-corrected chi connectivity index (χ4v) is 3.71. The average Bonchev–Trinajstić information content (AvgIpc) is 2.46. The van der Waals surface area contributed by atoms with E-state index in [9.17, 15) is 8.42 Å². The monoisotopic (exact) mass is 423 g/mol. The first kappa shape index (κ1) is 17.1. The van der Waals surface area contributed by atoms with Gasteiger partial charge in [0.25, 0.3) is 0 Å². The van der Waals surface area contributed by atoms with Crippen molar-refractivity contribution >= 4 is 32.6 Å². The zero-order chi connectivity index (χ0) is 15.3. The van der Waals surface area contributed by atoms with Gasteiger partial charge in [-0.3, -0.25) is 0 Å². The second kappa shape index (κ2) is 7.87. The van der Waals surface area contributed by atoms with Gasteiger partial charge in [-0.15, -0.1) is 0 Å². The summed E-state index contributed by atoms with van der Waals surface area (Å²) in [5.41, 5.74) is 0. The smallest absolute Gasteiger partial charge is 0.240 e. The van der Waals surface area contributed by atoms with Crippen molar-refractivity contribution in [2.24, 2.45) is 0 Å². The molecule has 5 nitrogen and oxygen atoms in total. The first-order chi connectivity index (χ1) is 9.97. The van der Waals surface area contributed by atoms with Gasteiger partial charge in [-0.05, 0) is 66.9 Å². The molecule has 1 aliphatic rings. The Kier molecular flexibility index (Phi) is 6.42. The average molecular weight is 423 g/mol. The van der Waals surface area contributed by atoms with Gasteiger partial charge in [0.1, 0.15) is 0 Å². The Hall–Kier alpha value is -0.220. The van der Waals surface area contributed by atoms with E-state index in [2.05, 4.69) is 44.2 Å². The van der Waals surface area contributed by atoms with Crippen LogP contribution < -0.4 is 4.72 Å². The van der Waals surface area contributed by atoms with Gasteiger partial charge < -0.3 is 9.80 Å². The first-order valence-corrected chi connectivity index (χ1v) is 9.70. The first-order valence-electron chi connectivity index (χ1n) is 7.13. The highest BCUT2D eigenvalue weighted by Gasteiger charge is 2.15. The highest BCUT2D eigenvalue weighted by molar-refractivity contribution is 14.1. The molecule has 1 N–H and O–H groups in total.